The molecule has 0 radical (unpaired) electrons. The van der Waals surface area contributed by atoms with Crippen molar-refractivity contribution in [3.63, 3.8) is 0 Å². The van der Waals surface area contributed by atoms with Crippen LogP contribution in [-0.4, -0.2) is 22.4 Å². The van der Waals surface area contributed by atoms with Gasteiger partial charge in [-0.25, -0.2) is 0 Å². The number of rotatable bonds is 9. The average Bonchev–Trinajstić information content (AvgIpc) is 2.16. The van der Waals surface area contributed by atoms with Crippen molar-refractivity contribution in [2.75, 3.05) is 6.61 Å². The van der Waals surface area contributed by atoms with Crippen LogP contribution in [0.4, 0.5) is 0 Å². The minimum Gasteiger partial charge on any atom is -0.393 e. The van der Waals surface area contributed by atoms with Gasteiger partial charge in [0, 0.05) is 0 Å². The van der Waals surface area contributed by atoms with E-state index in [4.69, 9.17) is 5.11 Å². The number of hydrogen-bond donors (Lipinski definition) is 2. The molecule has 0 aromatic carbocycles. The Morgan fingerprint density at radius 3 is 1.93 bits per heavy atom. The van der Waals surface area contributed by atoms with Crippen LogP contribution < -0.4 is 0 Å². The predicted octanol–water partition coefficient (Wildman–Crippen LogP) is 2.87. The van der Waals surface area contributed by atoms with Crippen molar-refractivity contribution in [3.8, 4) is 0 Å². The number of aliphatic hydroxyl groups is 2. The molecule has 0 aliphatic rings. The summed E-state index contributed by atoms with van der Waals surface area (Å²) in [5, 5.41) is 18.3. The average molecular weight is 202 g/mol. The Kier molecular flexibility index (Phi) is 8.20. The molecule has 0 aliphatic heterocycles. The summed E-state index contributed by atoms with van der Waals surface area (Å²) in [5.41, 5.74) is -0.858. The Morgan fingerprint density at radius 1 is 0.929 bits per heavy atom. The van der Waals surface area contributed by atoms with Crippen LogP contribution in [0.25, 0.3) is 0 Å². The van der Waals surface area contributed by atoms with E-state index in [0.29, 0.717) is 0 Å². The quantitative estimate of drug-likeness (QED) is 0.564. The maximum atomic E-state index is 9.51. The van der Waals surface area contributed by atoms with Gasteiger partial charge in [-0.15, -0.1) is 0 Å². The van der Waals surface area contributed by atoms with Gasteiger partial charge < -0.3 is 10.2 Å². The van der Waals surface area contributed by atoms with Crippen LogP contribution in [0.1, 0.15) is 65.2 Å². The molecule has 0 aromatic rings. The Balaban J connectivity index is 3.13. The van der Waals surface area contributed by atoms with E-state index in [9.17, 15) is 5.11 Å². The SMILES string of the molecule is CCCCCCCCC[C@@](C)(O)CO. The Hall–Kier alpha value is -0.0800. The monoisotopic (exact) mass is 202 g/mol. The summed E-state index contributed by atoms with van der Waals surface area (Å²) in [6.45, 7) is 3.80. The Labute approximate surface area is 88.3 Å². The second kappa shape index (κ2) is 8.25. The van der Waals surface area contributed by atoms with Crippen molar-refractivity contribution in [2.45, 2.75) is 70.8 Å². The summed E-state index contributed by atoms with van der Waals surface area (Å²) in [6.07, 6.45) is 9.48. The zero-order valence-corrected chi connectivity index (χ0v) is 9.76. The molecule has 0 aromatic heterocycles. The smallest absolute Gasteiger partial charge is 0.0849 e. The lowest BCUT2D eigenvalue weighted by Gasteiger charge is -2.19. The highest BCUT2D eigenvalue weighted by atomic mass is 16.3. The highest BCUT2D eigenvalue weighted by molar-refractivity contribution is 4.70. The van der Waals surface area contributed by atoms with E-state index in [1.54, 1.807) is 6.92 Å². The van der Waals surface area contributed by atoms with E-state index < -0.39 is 5.60 Å². The van der Waals surface area contributed by atoms with Gasteiger partial charge in [0.25, 0.3) is 0 Å². The lowest BCUT2D eigenvalue weighted by molar-refractivity contribution is -0.00695. The number of hydrogen-bond acceptors (Lipinski definition) is 2. The lowest BCUT2D eigenvalue weighted by Crippen LogP contribution is -2.28. The molecule has 0 saturated heterocycles. The van der Waals surface area contributed by atoms with Crippen molar-refractivity contribution >= 4 is 0 Å². The van der Waals surface area contributed by atoms with E-state index in [0.717, 1.165) is 12.8 Å². The van der Waals surface area contributed by atoms with Gasteiger partial charge in [-0.2, -0.15) is 0 Å². The van der Waals surface area contributed by atoms with Gasteiger partial charge in [-0.3, -0.25) is 0 Å². The van der Waals surface area contributed by atoms with E-state index in [1.807, 2.05) is 0 Å². The minimum absolute atomic E-state index is 0.122. The van der Waals surface area contributed by atoms with Gasteiger partial charge in [0.2, 0.25) is 0 Å². The molecule has 86 valence electrons. The molecule has 2 nitrogen and oxygen atoms in total. The Bertz CT molecular complexity index is 121. The van der Waals surface area contributed by atoms with Gasteiger partial charge >= 0.3 is 0 Å². The van der Waals surface area contributed by atoms with Crippen molar-refractivity contribution < 1.29 is 10.2 Å². The van der Waals surface area contributed by atoms with Crippen molar-refractivity contribution in [1.29, 1.82) is 0 Å². The second-order valence-electron chi connectivity index (χ2n) is 4.53. The zero-order valence-electron chi connectivity index (χ0n) is 9.76. The fourth-order valence-electron chi connectivity index (χ4n) is 1.54. The molecule has 0 fully saturated rings. The van der Waals surface area contributed by atoms with Crippen LogP contribution in [-0.2, 0) is 0 Å². The third-order valence-electron chi connectivity index (χ3n) is 2.66. The summed E-state index contributed by atoms with van der Waals surface area (Å²) in [7, 11) is 0. The highest BCUT2D eigenvalue weighted by Crippen LogP contribution is 2.15. The summed E-state index contributed by atoms with van der Waals surface area (Å²) >= 11 is 0. The number of aliphatic hydroxyl groups excluding tert-OH is 1. The normalized spacial score (nSPS) is 15.4. The summed E-state index contributed by atoms with van der Waals surface area (Å²) in [5.74, 6) is 0. The number of unbranched alkanes of at least 4 members (excludes halogenated alkanes) is 6. The molecule has 0 heterocycles. The van der Waals surface area contributed by atoms with E-state index in [-0.39, 0.29) is 6.61 Å². The summed E-state index contributed by atoms with van der Waals surface area (Å²) in [6, 6.07) is 0. The standard InChI is InChI=1S/C12H26O2/c1-3-4-5-6-7-8-9-10-12(2,14)11-13/h13-14H,3-11H2,1-2H3/t12-/m1/s1. The van der Waals surface area contributed by atoms with Crippen LogP contribution in [0.5, 0.6) is 0 Å². The largest absolute Gasteiger partial charge is 0.393 e. The van der Waals surface area contributed by atoms with E-state index >= 15 is 0 Å². The summed E-state index contributed by atoms with van der Waals surface area (Å²) in [4.78, 5) is 0. The predicted molar refractivity (Wildman–Crippen MR) is 60.3 cm³/mol. The van der Waals surface area contributed by atoms with Crippen LogP contribution in [0, 0.1) is 0 Å². The van der Waals surface area contributed by atoms with Gasteiger partial charge in [-0.1, -0.05) is 51.9 Å². The van der Waals surface area contributed by atoms with Crippen LogP contribution in [0.15, 0.2) is 0 Å². The lowest BCUT2D eigenvalue weighted by atomic mass is 9.98. The topological polar surface area (TPSA) is 40.5 Å². The molecule has 0 rings (SSSR count). The molecule has 2 heteroatoms. The van der Waals surface area contributed by atoms with Gasteiger partial charge in [0.05, 0.1) is 12.2 Å². The van der Waals surface area contributed by atoms with E-state index in [2.05, 4.69) is 6.92 Å². The molecule has 2 N–H and O–H groups in total. The molecule has 0 amide bonds. The molecule has 0 spiro atoms. The molecule has 0 unspecified atom stereocenters. The molecule has 14 heavy (non-hydrogen) atoms. The molecular formula is C12H26O2. The molecule has 0 saturated carbocycles. The van der Waals surface area contributed by atoms with Gasteiger partial charge in [0.15, 0.2) is 0 Å². The first kappa shape index (κ1) is 13.9. The highest BCUT2D eigenvalue weighted by Gasteiger charge is 2.17. The molecule has 0 bridgehead atoms. The first-order chi connectivity index (χ1) is 6.62. The van der Waals surface area contributed by atoms with Crippen molar-refractivity contribution in [2.24, 2.45) is 0 Å². The van der Waals surface area contributed by atoms with Crippen LogP contribution >= 0.6 is 0 Å². The zero-order chi connectivity index (χ0) is 10.9. The van der Waals surface area contributed by atoms with E-state index in [1.165, 1.54) is 38.5 Å². The molecular weight excluding hydrogens is 176 g/mol. The second-order valence-corrected chi connectivity index (χ2v) is 4.53. The third-order valence-corrected chi connectivity index (χ3v) is 2.66. The first-order valence-corrected chi connectivity index (χ1v) is 5.95. The fourth-order valence-corrected chi connectivity index (χ4v) is 1.54. The van der Waals surface area contributed by atoms with Gasteiger partial charge in [0.1, 0.15) is 0 Å². The van der Waals surface area contributed by atoms with Gasteiger partial charge in [-0.05, 0) is 13.3 Å². The van der Waals surface area contributed by atoms with Crippen molar-refractivity contribution in [1.82, 2.24) is 0 Å². The molecule has 1 atom stereocenters. The molecule has 0 aliphatic carbocycles. The first-order valence-electron chi connectivity index (χ1n) is 5.95. The fraction of sp³-hybridized carbons (Fsp3) is 1.00. The van der Waals surface area contributed by atoms with Crippen LogP contribution in [0.3, 0.4) is 0 Å². The Morgan fingerprint density at radius 2 is 1.43 bits per heavy atom. The maximum Gasteiger partial charge on any atom is 0.0849 e. The summed E-state index contributed by atoms with van der Waals surface area (Å²) < 4.78 is 0. The van der Waals surface area contributed by atoms with Crippen molar-refractivity contribution in [3.05, 3.63) is 0 Å². The minimum atomic E-state index is -0.858. The third kappa shape index (κ3) is 8.52. The maximum absolute atomic E-state index is 9.51. The van der Waals surface area contributed by atoms with Crippen LogP contribution in [0.2, 0.25) is 0 Å².